The number of hydrogen-bond acceptors (Lipinski definition) is 4. The van der Waals surface area contributed by atoms with Crippen molar-refractivity contribution < 1.29 is 26.7 Å². The Morgan fingerprint density at radius 1 is 1.50 bits per heavy atom. The van der Waals surface area contributed by atoms with Crippen LogP contribution in [0.15, 0.2) is 0 Å². The highest BCUT2D eigenvalue weighted by Crippen LogP contribution is 2.47. The van der Waals surface area contributed by atoms with Gasteiger partial charge in [0, 0.05) is 0 Å². The Morgan fingerprint density at radius 3 is 2.29 bits per heavy atom. The maximum atomic E-state index is 12.4. The van der Waals surface area contributed by atoms with Crippen LogP contribution < -0.4 is 4.72 Å². The van der Waals surface area contributed by atoms with Gasteiger partial charge in [0.15, 0.2) is 4.75 Å². The van der Waals surface area contributed by atoms with Crippen LogP contribution in [0.25, 0.3) is 0 Å². The molecule has 0 aromatic heterocycles. The number of carbonyl (C=O) groups is 1. The largest absolute Gasteiger partial charge is 0.452 e. The topological polar surface area (TPSA) is 72.5 Å². The van der Waals surface area contributed by atoms with Gasteiger partial charge in [0.1, 0.15) is 0 Å². The second kappa shape index (κ2) is 3.34. The van der Waals surface area contributed by atoms with Crippen molar-refractivity contribution in [1.29, 1.82) is 0 Å². The molecule has 8 heteroatoms. The Morgan fingerprint density at radius 2 is 2.00 bits per heavy atom. The highest BCUT2D eigenvalue weighted by molar-refractivity contribution is 7.91. The van der Waals surface area contributed by atoms with E-state index < -0.39 is 27.3 Å². The van der Waals surface area contributed by atoms with Crippen LogP contribution >= 0.6 is 0 Å². The third kappa shape index (κ3) is 1.66. The van der Waals surface area contributed by atoms with Crippen molar-refractivity contribution in [1.82, 2.24) is 4.72 Å². The Hall–Kier alpha value is -0.920. The summed E-state index contributed by atoms with van der Waals surface area (Å²) in [4.78, 5) is 10.6. The average Bonchev–Trinajstić information content (AvgIpc) is 2.82. The number of ether oxygens (including phenoxy) is 1. The van der Waals surface area contributed by atoms with Gasteiger partial charge in [0.2, 0.25) is 10.0 Å². The molecule has 5 nitrogen and oxygen atoms in total. The van der Waals surface area contributed by atoms with Crippen molar-refractivity contribution in [3.63, 3.8) is 0 Å². The van der Waals surface area contributed by atoms with E-state index in [1.54, 1.807) is 0 Å². The minimum atomic E-state index is -4.33. The quantitative estimate of drug-likeness (QED) is 0.763. The first kappa shape index (κ1) is 11.2. The predicted octanol–water partition coefficient (Wildman–Crippen LogP) is 0.470. The highest BCUT2D eigenvalue weighted by atomic mass is 32.2. The van der Waals surface area contributed by atoms with Gasteiger partial charge in [-0.1, -0.05) is 0 Å². The van der Waals surface area contributed by atoms with Gasteiger partial charge >= 0.3 is 6.09 Å². The maximum Gasteiger partial charge on any atom is 0.420 e. The highest BCUT2D eigenvalue weighted by Gasteiger charge is 2.62. The number of carbonyl (C=O) groups excluding carboxylic acids is 1. The van der Waals surface area contributed by atoms with Crippen LogP contribution in [0.4, 0.5) is 13.6 Å². The first-order valence-corrected chi connectivity index (χ1v) is 5.22. The number of halogens is 2. The molecule has 1 rings (SSSR count). The lowest BCUT2D eigenvalue weighted by atomic mass is 10.4. The minimum Gasteiger partial charge on any atom is -0.452 e. The number of nitrogens with one attached hydrogen (secondary N) is 1. The summed E-state index contributed by atoms with van der Waals surface area (Å²) in [5.41, 5.74) is 0. The number of hydrogen-bond donors (Lipinski definition) is 1. The summed E-state index contributed by atoms with van der Waals surface area (Å²) in [5, 5.41) is 0. The van der Waals surface area contributed by atoms with Crippen LogP contribution in [0.2, 0.25) is 0 Å². The zero-order chi connectivity index (χ0) is 11.0. The Balaban J connectivity index is 2.81. The van der Waals surface area contributed by atoms with E-state index in [0.717, 1.165) is 7.11 Å². The summed E-state index contributed by atoms with van der Waals surface area (Å²) in [7, 11) is -3.38. The van der Waals surface area contributed by atoms with Crippen LogP contribution in [-0.4, -0.2) is 32.8 Å². The summed E-state index contributed by atoms with van der Waals surface area (Å²) < 4.78 is 50.5. The van der Waals surface area contributed by atoms with Crippen molar-refractivity contribution in [2.75, 3.05) is 7.11 Å². The molecule has 0 aromatic rings. The molecule has 0 atom stereocenters. The van der Waals surface area contributed by atoms with E-state index in [1.807, 2.05) is 0 Å². The third-order valence-electron chi connectivity index (χ3n) is 2.08. The first-order chi connectivity index (χ1) is 6.35. The molecule has 1 fully saturated rings. The molecule has 0 heterocycles. The van der Waals surface area contributed by atoms with Crippen molar-refractivity contribution in [3.8, 4) is 0 Å². The van der Waals surface area contributed by atoms with Crippen LogP contribution in [0.1, 0.15) is 12.8 Å². The van der Waals surface area contributed by atoms with E-state index in [9.17, 15) is 22.0 Å². The van der Waals surface area contributed by atoms with Crippen LogP contribution in [-0.2, 0) is 14.8 Å². The van der Waals surface area contributed by atoms with Crippen LogP contribution in [0, 0.1) is 0 Å². The molecule has 1 aliphatic carbocycles. The molecule has 1 aliphatic rings. The van der Waals surface area contributed by atoms with E-state index in [4.69, 9.17) is 0 Å². The minimum absolute atomic E-state index is 0.142. The maximum absolute atomic E-state index is 12.4. The summed E-state index contributed by atoms with van der Waals surface area (Å²) in [6.07, 6.45) is -4.53. The van der Waals surface area contributed by atoms with Crippen molar-refractivity contribution in [2.45, 2.75) is 24.0 Å². The van der Waals surface area contributed by atoms with E-state index in [0.29, 0.717) is 0 Å². The van der Waals surface area contributed by atoms with Gasteiger partial charge in [-0.2, -0.15) is 0 Å². The SMILES string of the molecule is COC(=O)NS(=O)(=O)C1(C(F)F)CC1. The van der Waals surface area contributed by atoms with E-state index in [-0.39, 0.29) is 12.8 Å². The average molecular weight is 229 g/mol. The van der Waals surface area contributed by atoms with Crippen molar-refractivity contribution in [2.24, 2.45) is 0 Å². The second-order valence-corrected chi connectivity index (χ2v) is 4.99. The van der Waals surface area contributed by atoms with Gasteiger partial charge in [-0.15, -0.1) is 0 Å². The molecule has 82 valence electrons. The summed E-state index contributed by atoms with van der Waals surface area (Å²) in [6.45, 7) is 0. The zero-order valence-corrected chi connectivity index (χ0v) is 8.11. The zero-order valence-electron chi connectivity index (χ0n) is 7.29. The fourth-order valence-corrected chi connectivity index (χ4v) is 2.36. The van der Waals surface area contributed by atoms with E-state index >= 15 is 0 Å². The third-order valence-corrected chi connectivity index (χ3v) is 4.17. The fraction of sp³-hybridized carbons (Fsp3) is 0.833. The lowest BCUT2D eigenvalue weighted by Gasteiger charge is -2.14. The standard InChI is InChI=1S/C6H9F2NO4S/c1-13-5(10)9-14(11,12)6(2-3-6)4(7)8/h4H,2-3H2,1H3,(H,9,10). The number of methoxy groups -OCH3 is 1. The predicted molar refractivity (Wildman–Crippen MR) is 42.4 cm³/mol. The second-order valence-electron chi connectivity index (χ2n) is 2.96. The monoisotopic (exact) mass is 229 g/mol. The van der Waals surface area contributed by atoms with Crippen LogP contribution in [0.3, 0.4) is 0 Å². The van der Waals surface area contributed by atoms with Gasteiger partial charge < -0.3 is 4.74 Å². The molecular formula is C6H9F2NO4S. The molecule has 0 radical (unpaired) electrons. The molecule has 1 N–H and O–H groups in total. The number of sulfonamides is 1. The molecule has 1 saturated carbocycles. The molecular weight excluding hydrogens is 220 g/mol. The molecule has 0 bridgehead atoms. The van der Waals surface area contributed by atoms with Gasteiger partial charge in [0.25, 0.3) is 6.43 Å². The summed E-state index contributed by atoms with van der Waals surface area (Å²) in [6, 6.07) is 0. The number of alkyl halides is 2. The normalized spacial score (nSPS) is 19.1. The summed E-state index contributed by atoms with van der Waals surface area (Å²) >= 11 is 0. The van der Waals surface area contributed by atoms with Crippen LogP contribution in [0.5, 0.6) is 0 Å². The smallest absolute Gasteiger partial charge is 0.420 e. The Labute approximate surface area is 79.5 Å². The molecule has 0 spiro atoms. The molecule has 0 aliphatic heterocycles. The van der Waals surface area contributed by atoms with Gasteiger partial charge in [0.05, 0.1) is 7.11 Å². The number of rotatable bonds is 3. The van der Waals surface area contributed by atoms with Gasteiger partial charge in [-0.3, -0.25) is 0 Å². The lowest BCUT2D eigenvalue weighted by molar-refractivity contribution is 0.132. The summed E-state index contributed by atoms with van der Waals surface area (Å²) in [5.74, 6) is 0. The molecule has 0 saturated heterocycles. The van der Waals surface area contributed by atoms with Gasteiger partial charge in [-0.25, -0.2) is 26.7 Å². The number of amides is 1. The lowest BCUT2D eigenvalue weighted by Crippen LogP contribution is -2.43. The van der Waals surface area contributed by atoms with Crippen molar-refractivity contribution in [3.05, 3.63) is 0 Å². The van der Waals surface area contributed by atoms with Crippen molar-refractivity contribution >= 4 is 16.1 Å². The molecule has 14 heavy (non-hydrogen) atoms. The molecule has 0 aromatic carbocycles. The van der Waals surface area contributed by atoms with Gasteiger partial charge in [-0.05, 0) is 12.8 Å². The molecule has 0 unspecified atom stereocenters. The fourth-order valence-electron chi connectivity index (χ4n) is 0.980. The molecule has 1 amide bonds. The van der Waals surface area contributed by atoms with E-state index in [2.05, 4.69) is 4.74 Å². The first-order valence-electron chi connectivity index (χ1n) is 3.74. The Kier molecular flexibility index (Phi) is 2.66. The van der Waals surface area contributed by atoms with E-state index in [1.165, 1.54) is 4.72 Å². The Bertz CT molecular complexity index is 336.